The van der Waals surface area contributed by atoms with Gasteiger partial charge in [0.15, 0.2) is 17.1 Å². The number of nitrogens with zero attached hydrogens (tertiary/aromatic N) is 2. The molecule has 1 fully saturated rings. The molecule has 3 aromatic rings. The Morgan fingerprint density at radius 2 is 1.93 bits per heavy atom. The standard InChI is InChI=1S/C20H14ClF2N3O2/c21-13-2-1-11(10-24)7-12(13)15-9-17(27)18-16(25-15)8-14(22)20(19(18)23)26-3-5-28-6-4-26/h1-2,7-9H,3-6H2,(H,25,27). The molecule has 1 aromatic heterocycles. The number of rotatable bonds is 2. The number of ether oxygens (including phenoxy) is 1. The zero-order chi connectivity index (χ0) is 19.8. The predicted octanol–water partition coefficient (Wildman–Crippen LogP) is 3.83. The lowest BCUT2D eigenvalue weighted by Gasteiger charge is -2.29. The van der Waals surface area contributed by atoms with Gasteiger partial charge in [-0.25, -0.2) is 8.78 Å². The molecule has 0 saturated carbocycles. The first-order valence-electron chi connectivity index (χ1n) is 8.57. The van der Waals surface area contributed by atoms with Gasteiger partial charge in [-0.1, -0.05) is 11.6 Å². The van der Waals surface area contributed by atoms with Crippen molar-refractivity contribution in [2.75, 3.05) is 31.2 Å². The largest absolute Gasteiger partial charge is 0.378 e. The summed E-state index contributed by atoms with van der Waals surface area (Å²) in [5, 5.41) is 9.16. The zero-order valence-electron chi connectivity index (χ0n) is 14.6. The molecule has 1 N–H and O–H groups in total. The number of aromatic nitrogens is 1. The smallest absolute Gasteiger partial charge is 0.193 e. The highest BCUT2D eigenvalue weighted by molar-refractivity contribution is 6.33. The molecule has 1 saturated heterocycles. The van der Waals surface area contributed by atoms with Crippen molar-refractivity contribution in [3.8, 4) is 17.3 Å². The fraction of sp³-hybridized carbons (Fsp3) is 0.200. The maximum absolute atomic E-state index is 15.1. The van der Waals surface area contributed by atoms with E-state index in [1.807, 2.05) is 6.07 Å². The summed E-state index contributed by atoms with van der Waals surface area (Å²) in [6.45, 7) is 1.40. The lowest BCUT2D eigenvalue weighted by molar-refractivity contribution is 0.122. The number of fused-ring (bicyclic) bond motifs is 1. The van der Waals surface area contributed by atoms with E-state index in [4.69, 9.17) is 21.6 Å². The van der Waals surface area contributed by atoms with Crippen LogP contribution in [0.1, 0.15) is 5.56 Å². The fourth-order valence-electron chi connectivity index (χ4n) is 3.36. The summed E-state index contributed by atoms with van der Waals surface area (Å²) in [5.41, 5.74) is 0.219. The molecular weight excluding hydrogens is 388 g/mol. The SMILES string of the molecule is N#Cc1ccc(Cl)c(-c2cc(=O)c3c(F)c(N4CCOCC4)c(F)cc3[nH]2)c1. The third-order valence-electron chi connectivity index (χ3n) is 4.70. The van der Waals surface area contributed by atoms with Crippen molar-refractivity contribution >= 4 is 28.2 Å². The fourth-order valence-corrected chi connectivity index (χ4v) is 3.58. The molecule has 142 valence electrons. The van der Waals surface area contributed by atoms with Gasteiger partial charge < -0.3 is 14.6 Å². The molecule has 28 heavy (non-hydrogen) atoms. The van der Waals surface area contributed by atoms with Crippen LogP contribution in [0.2, 0.25) is 5.02 Å². The molecule has 4 rings (SSSR count). The number of H-pyrrole nitrogens is 1. The van der Waals surface area contributed by atoms with Gasteiger partial charge in [0, 0.05) is 35.8 Å². The van der Waals surface area contributed by atoms with Gasteiger partial charge in [-0.2, -0.15) is 5.26 Å². The normalized spacial score (nSPS) is 14.3. The number of morpholine rings is 1. The van der Waals surface area contributed by atoms with Crippen molar-refractivity contribution in [2.45, 2.75) is 0 Å². The van der Waals surface area contributed by atoms with E-state index in [0.717, 1.165) is 6.07 Å². The summed E-state index contributed by atoms with van der Waals surface area (Å²) in [6, 6.07) is 8.88. The lowest BCUT2D eigenvalue weighted by Crippen LogP contribution is -2.37. The summed E-state index contributed by atoms with van der Waals surface area (Å²) in [7, 11) is 0. The molecular formula is C20H14ClF2N3O2. The molecule has 0 amide bonds. The number of anilines is 1. The second-order valence-corrected chi connectivity index (χ2v) is 6.80. The van der Waals surface area contributed by atoms with E-state index in [1.54, 1.807) is 6.07 Å². The van der Waals surface area contributed by atoms with Crippen LogP contribution in [0.3, 0.4) is 0 Å². The average molecular weight is 402 g/mol. The summed E-state index contributed by atoms with van der Waals surface area (Å²) < 4.78 is 35.0. The van der Waals surface area contributed by atoms with E-state index in [1.165, 1.54) is 23.1 Å². The summed E-state index contributed by atoms with van der Waals surface area (Å²) in [6.07, 6.45) is 0. The van der Waals surface area contributed by atoms with Crippen LogP contribution >= 0.6 is 11.6 Å². The Morgan fingerprint density at radius 3 is 2.64 bits per heavy atom. The van der Waals surface area contributed by atoms with Crippen LogP contribution in [0.15, 0.2) is 35.1 Å². The molecule has 8 heteroatoms. The third kappa shape index (κ3) is 3.11. The van der Waals surface area contributed by atoms with Gasteiger partial charge in [0.25, 0.3) is 0 Å². The molecule has 0 bridgehead atoms. The van der Waals surface area contributed by atoms with Crippen molar-refractivity contribution in [2.24, 2.45) is 0 Å². The van der Waals surface area contributed by atoms with Crippen LogP contribution in [0, 0.1) is 23.0 Å². The second-order valence-electron chi connectivity index (χ2n) is 6.40. The minimum atomic E-state index is -0.901. The number of pyridine rings is 1. The first kappa shape index (κ1) is 18.4. The molecule has 0 radical (unpaired) electrons. The molecule has 0 unspecified atom stereocenters. The van der Waals surface area contributed by atoms with E-state index in [-0.39, 0.29) is 22.3 Å². The Bertz CT molecular complexity index is 1180. The third-order valence-corrected chi connectivity index (χ3v) is 5.03. The van der Waals surface area contributed by atoms with Crippen LogP contribution in [-0.2, 0) is 4.74 Å². The van der Waals surface area contributed by atoms with E-state index < -0.39 is 17.1 Å². The lowest BCUT2D eigenvalue weighted by atomic mass is 10.1. The zero-order valence-corrected chi connectivity index (χ0v) is 15.3. The monoisotopic (exact) mass is 401 g/mol. The van der Waals surface area contributed by atoms with Crippen molar-refractivity contribution in [3.63, 3.8) is 0 Å². The van der Waals surface area contributed by atoms with Gasteiger partial charge in [-0.15, -0.1) is 0 Å². The second kappa shape index (κ2) is 7.23. The van der Waals surface area contributed by atoms with Crippen LogP contribution < -0.4 is 10.3 Å². The van der Waals surface area contributed by atoms with Crippen LogP contribution in [0.5, 0.6) is 0 Å². The molecule has 0 aliphatic carbocycles. The van der Waals surface area contributed by atoms with E-state index in [9.17, 15) is 9.18 Å². The molecule has 2 aromatic carbocycles. The average Bonchev–Trinajstić information content (AvgIpc) is 2.68. The van der Waals surface area contributed by atoms with Crippen LogP contribution in [-0.4, -0.2) is 31.3 Å². The van der Waals surface area contributed by atoms with Crippen molar-refractivity contribution in [3.05, 3.63) is 62.8 Å². The number of aromatic amines is 1. The number of hydrogen-bond donors (Lipinski definition) is 1. The molecule has 5 nitrogen and oxygen atoms in total. The topological polar surface area (TPSA) is 69.1 Å². The van der Waals surface area contributed by atoms with E-state index in [2.05, 4.69) is 4.98 Å². The summed E-state index contributed by atoms with van der Waals surface area (Å²) in [4.78, 5) is 17.1. The van der Waals surface area contributed by atoms with Gasteiger partial charge in [-0.05, 0) is 18.2 Å². The number of nitriles is 1. The van der Waals surface area contributed by atoms with Crippen molar-refractivity contribution in [1.82, 2.24) is 4.98 Å². The van der Waals surface area contributed by atoms with Crippen LogP contribution in [0.25, 0.3) is 22.2 Å². The Morgan fingerprint density at radius 1 is 1.18 bits per heavy atom. The number of nitrogens with one attached hydrogen (secondary N) is 1. The highest BCUT2D eigenvalue weighted by atomic mass is 35.5. The summed E-state index contributed by atoms with van der Waals surface area (Å²) in [5.74, 6) is -1.67. The van der Waals surface area contributed by atoms with Crippen molar-refractivity contribution in [1.29, 1.82) is 5.26 Å². The van der Waals surface area contributed by atoms with E-state index in [0.29, 0.717) is 42.5 Å². The highest BCUT2D eigenvalue weighted by Gasteiger charge is 2.23. The quantitative estimate of drug-likeness (QED) is 0.708. The van der Waals surface area contributed by atoms with Crippen LogP contribution in [0.4, 0.5) is 14.5 Å². The maximum Gasteiger partial charge on any atom is 0.193 e. The van der Waals surface area contributed by atoms with Gasteiger partial charge in [0.1, 0.15) is 5.69 Å². The number of halogens is 3. The highest BCUT2D eigenvalue weighted by Crippen LogP contribution is 2.32. The van der Waals surface area contributed by atoms with Gasteiger partial charge in [-0.3, -0.25) is 4.79 Å². The molecule has 0 atom stereocenters. The Balaban J connectivity index is 1.91. The summed E-state index contributed by atoms with van der Waals surface area (Å²) >= 11 is 6.18. The molecule has 2 heterocycles. The number of benzene rings is 2. The first-order valence-corrected chi connectivity index (χ1v) is 8.95. The van der Waals surface area contributed by atoms with Gasteiger partial charge >= 0.3 is 0 Å². The first-order chi connectivity index (χ1) is 13.5. The molecule has 1 aliphatic heterocycles. The number of hydrogen-bond acceptors (Lipinski definition) is 4. The maximum atomic E-state index is 15.1. The predicted molar refractivity (Wildman–Crippen MR) is 103 cm³/mol. The minimum absolute atomic E-state index is 0.0212. The molecule has 0 spiro atoms. The molecule has 1 aliphatic rings. The Labute approximate surface area is 163 Å². The Hall–Kier alpha value is -2.95. The Kier molecular flexibility index (Phi) is 4.75. The van der Waals surface area contributed by atoms with Gasteiger partial charge in [0.05, 0.1) is 41.4 Å². The van der Waals surface area contributed by atoms with Gasteiger partial charge in [0.2, 0.25) is 0 Å². The van der Waals surface area contributed by atoms with Crippen molar-refractivity contribution < 1.29 is 13.5 Å². The minimum Gasteiger partial charge on any atom is -0.378 e. The van der Waals surface area contributed by atoms with E-state index >= 15 is 4.39 Å².